The molecule has 0 saturated carbocycles. The van der Waals surface area contributed by atoms with E-state index in [0.29, 0.717) is 50.0 Å². The van der Waals surface area contributed by atoms with Gasteiger partial charge in [0.2, 0.25) is 11.8 Å². The van der Waals surface area contributed by atoms with Crippen molar-refractivity contribution in [3.8, 4) is 5.75 Å². The van der Waals surface area contributed by atoms with Crippen molar-refractivity contribution < 1.29 is 81.5 Å². The lowest BCUT2D eigenvalue weighted by Gasteiger charge is -2.41. The van der Waals surface area contributed by atoms with Crippen molar-refractivity contribution in [2.45, 2.75) is 193 Å². The van der Waals surface area contributed by atoms with Gasteiger partial charge in [-0.05, 0) is 113 Å². The molecule has 6 N–H and O–H groups in total. The summed E-state index contributed by atoms with van der Waals surface area (Å²) in [6.45, 7) is 14.6. The molecular weight excluding hydrogens is 1200 g/mol. The molecule has 24 heteroatoms. The van der Waals surface area contributed by atoms with Crippen LogP contribution < -0.4 is 31.3 Å². The van der Waals surface area contributed by atoms with Crippen molar-refractivity contribution in [2.75, 3.05) is 53.4 Å². The molecule has 10 atom stereocenters. The zero-order chi connectivity index (χ0) is 67.7. The van der Waals surface area contributed by atoms with Crippen LogP contribution >= 0.6 is 11.6 Å². The van der Waals surface area contributed by atoms with Crippen LogP contribution in [0.4, 0.5) is 10.5 Å². The number of nitrogens with one attached hydrogen (secondary N) is 3. The first kappa shape index (κ1) is 74.5. The summed E-state index contributed by atoms with van der Waals surface area (Å²) in [5.74, 6) is -6.48. The SMILES string of the molecule is CCC(CC)C(=O)OCCCCCC(=O)C[C@H](C(=O)N[C@@H](CCCNC(N)=O)C(=O)Cc1ccc(C(=O)N(C)[C@@H](C)C(=O)O[C@H]2CC(=O)N(C)c3cc(cc(OC)c3Cl)C/C(C)=C/C=C/[C@@H](OC)[C@]3(O)CC(=O)O[C@@H](C3)[C@@H](C)[C@@H]3O[C@@]23C)cc1C(=O)NC)C(C)C. The van der Waals surface area contributed by atoms with E-state index >= 15 is 0 Å². The Hall–Kier alpha value is -7.21. The van der Waals surface area contributed by atoms with Gasteiger partial charge >= 0.3 is 23.9 Å². The molecular formula is C67H95ClN6O17. The number of nitrogens with two attached hydrogens (primary N) is 1. The molecule has 5 rings (SSSR count). The fourth-order valence-electron chi connectivity index (χ4n) is 11.8. The maximum atomic E-state index is 14.6. The minimum atomic E-state index is -1.68. The van der Waals surface area contributed by atoms with Crippen LogP contribution in [0.5, 0.6) is 5.75 Å². The minimum Gasteiger partial charge on any atom is -0.495 e. The number of ether oxygens (including phenoxy) is 6. The number of amides is 6. The number of allylic oxidation sites excluding steroid dienone is 3. The molecule has 6 amide bonds. The van der Waals surface area contributed by atoms with Crippen LogP contribution in [0.25, 0.3) is 0 Å². The summed E-state index contributed by atoms with van der Waals surface area (Å²) in [7, 11) is 7.13. The molecule has 3 aliphatic heterocycles. The monoisotopic (exact) mass is 1290 g/mol. The first-order valence-electron chi connectivity index (χ1n) is 31.4. The summed E-state index contributed by atoms with van der Waals surface area (Å²) in [5.41, 5.74) is 4.26. The number of carbonyl (C=O) groups is 10. The number of unbranched alkanes of at least 4 members (excludes halogenated alkanes) is 2. The van der Waals surface area contributed by atoms with E-state index < -0.39 is 120 Å². The van der Waals surface area contributed by atoms with Gasteiger partial charge < -0.3 is 65.0 Å². The number of halogens is 1. The average Bonchev–Trinajstić information content (AvgIpc) is 1.58. The number of Topliss-reactive ketones (excluding diaryl/α,β-unsaturated/α-hetero) is 2. The number of carbonyl (C=O) groups excluding carboxylic acids is 10. The van der Waals surface area contributed by atoms with Crippen molar-refractivity contribution in [1.82, 2.24) is 20.9 Å². The molecule has 2 saturated heterocycles. The summed E-state index contributed by atoms with van der Waals surface area (Å²) >= 11 is 6.87. The number of likely N-dealkylation sites (N-methyl/N-ethyl adjacent to an activating group) is 1. The maximum absolute atomic E-state index is 14.6. The molecule has 0 spiro atoms. The number of fused-ring (bicyclic) bond motifs is 5. The second kappa shape index (κ2) is 33.9. The van der Waals surface area contributed by atoms with Gasteiger partial charge in [0.05, 0.1) is 50.3 Å². The number of urea groups is 1. The summed E-state index contributed by atoms with van der Waals surface area (Å²) in [6, 6.07) is 4.35. The van der Waals surface area contributed by atoms with Gasteiger partial charge in [-0.2, -0.15) is 0 Å². The fraction of sp³-hybridized carbons (Fsp3) is 0.612. The predicted molar refractivity (Wildman–Crippen MR) is 340 cm³/mol. The van der Waals surface area contributed by atoms with E-state index in [1.54, 1.807) is 52.0 Å². The third-order valence-corrected chi connectivity index (χ3v) is 18.2. The normalized spacial score (nSPS) is 23.6. The van der Waals surface area contributed by atoms with E-state index in [-0.39, 0.29) is 97.0 Å². The van der Waals surface area contributed by atoms with Gasteiger partial charge in [-0.3, -0.25) is 38.4 Å². The third kappa shape index (κ3) is 19.9. The molecule has 91 heavy (non-hydrogen) atoms. The van der Waals surface area contributed by atoms with Gasteiger partial charge in [0.15, 0.2) is 5.78 Å². The number of primary amides is 1. The summed E-state index contributed by atoms with van der Waals surface area (Å²) in [6.07, 6.45) is 4.05. The molecule has 0 unspecified atom stereocenters. The predicted octanol–water partition coefficient (Wildman–Crippen LogP) is 7.25. The van der Waals surface area contributed by atoms with Crippen molar-refractivity contribution in [2.24, 2.45) is 29.4 Å². The van der Waals surface area contributed by atoms with E-state index in [4.69, 9.17) is 45.8 Å². The van der Waals surface area contributed by atoms with Gasteiger partial charge in [0, 0.05) is 83.4 Å². The molecule has 0 radical (unpaired) electrons. The first-order chi connectivity index (χ1) is 43.0. The Morgan fingerprint density at radius 1 is 0.978 bits per heavy atom. The number of hydrogen-bond donors (Lipinski definition) is 5. The maximum Gasteiger partial charge on any atom is 0.328 e. The van der Waals surface area contributed by atoms with Crippen LogP contribution in [0.15, 0.2) is 54.1 Å². The van der Waals surface area contributed by atoms with Crippen LogP contribution in [0, 0.1) is 23.7 Å². The summed E-state index contributed by atoms with van der Waals surface area (Å²) in [4.78, 5) is 138. The Bertz CT molecular complexity index is 3040. The number of ketones is 2. The number of hydrogen-bond acceptors (Lipinski definition) is 17. The number of rotatable bonds is 28. The number of epoxide rings is 1. The molecule has 2 fully saturated rings. The topological polar surface area (TPSA) is 318 Å². The molecule has 23 nitrogen and oxygen atoms in total. The van der Waals surface area contributed by atoms with Crippen LogP contribution in [-0.2, 0) is 70.1 Å². The Balaban J connectivity index is 1.37. The number of nitrogens with zero attached hydrogens (tertiary/aromatic N) is 2. The smallest absolute Gasteiger partial charge is 0.328 e. The Labute approximate surface area is 539 Å². The van der Waals surface area contributed by atoms with E-state index in [1.165, 1.54) is 65.4 Å². The minimum absolute atomic E-state index is 0.0371. The van der Waals surface area contributed by atoms with Gasteiger partial charge in [0.25, 0.3) is 11.8 Å². The summed E-state index contributed by atoms with van der Waals surface area (Å²) < 4.78 is 35.3. The van der Waals surface area contributed by atoms with Gasteiger partial charge in [-0.1, -0.05) is 76.1 Å². The quantitative estimate of drug-likeness (QED) is 0.0242. The lowest BCUT2D eigenvalue weighted by Crippen LogP contribution is -2.53. The first-order valence-corrected chi connectivity index (χ1v) is 31.8. The Morgan fingerprint density at radius 2 is 1.68 bits per heavy atom. The molecule has 3 heterocycles. The fourth-order valence-corrected chi connectivity index (χ4v) is 12.1. The van der Waals surface area contributed by atoms with Gasteiger partial charge in [0.1, 0.15) is 52.1 Å². The Morgan fingerprint density at radius 3 is 2.32 bits per heavy atom. The zero-order valence-electron chi connectivity index (χ0n) is 55.0. The molecule has 0 aliphatic carbocycles. The number of benzene rings is 2. The number of esters is 3. The standard InChI is InChI=1S/C67H95ClN6O17/c1-14-43(15-2)64(83)88-28-18-16-17-22-46(75)34-47(38(3)4)61(80)72-49(23-20-27-71-65(69)84)51(76)33-44-25-26-45(32-48(44)60(79)70-9)62(81)73(10)41(7)63(82)90-55-35-56(77)74(11)50-30-42(31-52(86-12)58(50)68)29-39(5)21-19-24-54(87-13)67(85)36-53(89-57(78)37-67)40(6)59-66(55,8)91-59/h19,21,24-26,30-32,38,40-41,43,47,49,53-55,59,85H,14-18,20,22-23,27-29,33-37H2,1-13H3,(H,70,79)(H,72,80)(H3,69,71,84)/b24-19+,39-21+/t40-,41+,47+,49+,53+,54-,55+,59+,66+,67-/m1/s1. The van der Waals surface area contributed by atoms with E-state index in [1.807, 2.05) is 26.8 Å². The van der Waals surface area contributed by atoms with Crippen LogP contribution in [0.3, 0.4) is 0 Å². The highest BCUT2D eigenvalue weighted by Gasteiger charge is 2.64. The lowest BCUT2D eigenvalue weighted by atomic mass is 9.78. The zero-order valence-corrected chi connectivity index (χ0v) is 55.8. The second-order valence-corrected chi connectivity index (χ2v) is 25.2. The number of anilines is 1. The third-order valence-electron chi connectivity index (χ3n) is 17.8. The van der Waals surface area contributed by atoms with Gasteiger partial charge in [-0.25, -0.2) is 9.59 Å². The number of methoxy groups -OCH3 is 2. The Kier molecular flexibility index (Phi) is 27.8. The molecule has 4 bridgehead atoms. The van der Waals surface area contributed by atoms with E-state index in [2.05, 4.69) is 16.0 Å². The van der Waals surface area contributed by atoms with Crippen LogP contribution in [0.2, 0.25) is 5.02 Å². The highest BCUT2D eigenvalue weighted by atomic mass is 35.5. The second-order valence-electron chi connectivity index (χ2n) is 24.8. The van der Waals surface area contributed by atoms with Crippen molar-refractivity contribution in [1.29, 1.82) is 0 Å². The molecule has 502 valence electrons. The molecule has 0 aromatic heterocycles. The number of aliphatic hydroxyl groups is 1. The highest BCUT2D eigenvalue weighted by Crippen LogP contribution is 2.50. The van der Waals surface area contributed by atoms with Crippen molar-refractivity contribution >= 4 is 76.4 Å². The largest absolute Gasteiger partial charge is 0.495 e. The van der Waals surface area contributed by atoms with Gasteiger partial charge in [-0.15, -0.1) is 0 Å². The van der Waals surface area contributed by atoms with Crippen LogP contribution in [-0.4, -0.2) is 165 Å². The van der Waals surface area contributed by atoms with Crippen molar-refractivity contribution in [3.63, 3.8) is 0 Å². The van der Waals surface area contributed by atoms with E-state index in [9.17, 15) is 53.1 Å². The average molecular weight is 1290 g/mol. The molecule has 2 aromatic rings. The summed E-state index contributed by atoms with van der Waals surface area (Å²) in [5, 5.41) is 20.1. The highest BCUT2D eigenvalue weighted by molar-refractivity contribution is 6.35. The van der Waals surface area contributed by atoms with E-state index in [0.717, 1.165) is 16.0 Å². The molecule has 2 aromatic carbocycles. The van der Waals surface area contributed by atoms with Crippen LogP contribution in [0.1, 0.15) is 164 Å². The lowest BCUT2D eigenvalue weighted by molar-refractivity contribution is -0.187. The molecule has 3 aliphatic rings. The van der Waals surface area contributed by atoms with Crippen molar-refractivity contribution in [3.05, 3.63) is 81.4 Å².